The fourth-order valence-electron chi connectivity index (χ4n) is 4.53. The van der Waals surface area contributed by atoms with Gasteiger partial charge in [0.2, 0.25) is 0 Å². The maximum atomic E-state index is 13.8. The van der Waals surface area contributed by atoms with E-state index >= 15 is 0 Å². The highest BCUT2D eigenvalue weighted by atomic mass is 31.2. The zero-order valence-electron chi connectivity index (χ0n) is 20.2. The SMILES string of the molecule is O=C(N/C(=C/c1ccc(F)cc1)[P+](c1ccccc1)(c1ccccc1)c1ccccc1)c1ccccc1. The van der Waals surface area contributed by atoms with Gasteiger partial charge < -0.3 is 0 Å². The van der Waals surface area contributed by atoms with E-state index in [1.54, 1.807) is 24.3 Å². The van der Waals surface area contributed by atoms with E-state index < -0.39 is 7.26 Å². The Morgan fingerprint density at radius 1 is 0.568 bits per heavy atom. The largest absolute Gasteiger partial charge is 0.292 e. The van der Waals surface area contributed by atoms with Gasteiger partial charge in [-0.05, 0) is 66.2 Å². The molecule has 5 aromatic rings. The molecule has 0 aliphatic carbocycles. The van der Waals surface area contributed by atoms with Gasteiger partial charge in [-0.2, -0.15) is 0 Å². The Hall–Kier alpha value is -4.33. The van der Waals surface area contributed by atoms with E-state index in [0.29, 0.717) is 5.56 Å². The Labute approximate surface area is 217 Å². The Morgan fingerprint density at radius 3 is 1.41 bits per heavy atom. The van der Waals surface area contributed by atoms with Gasteiger partial charge >= 0.3 is 0 Å². The Bertz CT molecular complexity index is 1390. The molecule has 0 aliphatic heterocycles. The molecule has 4 heteroatoms. The predicted octanol–water partition coefficient (Wildman–Crippen LogP) is 6.55. The molecule has 0 fully saturated rings. The van der Waals surface area contributed by atoms with Crippen molar-refractivity contribution in [3.05, 3.63) is 168 Å². The molecule has 0 spiro atoms. The second-order valence-electron chi connectivity index (χ2n) is 8.58. The molecule has 5 rings (SSSR count). The molecule has 2 nitrogen and oxygen atoms in total. The standard InChI is InChI=1S/C33H25FNOP/c34-28-23-21-26(22-24-28)25-32(35-33(36)27-13-5-1-6-14-27)37(29-15-7-2-8-16-29,30-17-9-3-10-18-30)31-19-11-4-12-20-31/h1-25H/p+1/b32-25-. The fourth-order valence-corrected chi connectivity index (χ4v) is 8.73. The summed E-state index contributed by atoms with van der Waals surface area (Å²) in [6, 6.07) is 46.5. The van der Waals surface area contributed by atoms with Crippen LogP contribution in [-0.4, -0.2) is 5.91 Å². The van der Waals surface area contributed by atoms with Gasteiger partial charge in [0.05, 0.1) is 0 Å². The first-order valence-electron chi connectivity index (χ1n) is 12.1. The number of amides is 1. The summed E-state index contributed by atoms with van der Waals surface area (Å²) in [5, 5.41) is 6.63. The lowest BCUT2D eigenvalue weighted by Crippen LogP contribution is -2.38. The molecule has 0 radical (unpaired) electrons. The first kappa shape index (κ1) is 24.4. The van der Waals surface area contributed by atoms with Crippen LogP contribution in [0.3, 0.4) is 0 Å². The van der Waals surface area contributed by atoms with Crippen LogP contribution in [0.5, 0.6) is 0 Å². The summed E-state index contributed by atoms with van der Waals surface area (Å²) in [6.45, 7) is 0. The van der Waals surface area contributed by atoms with E-state index in [1.807, 2.05) is 78.9 Å². The van der Waals surface area contributed by atoms with Crippen molar-refractivity contribution in [2.45, 2.75) is 0 Å². The minimum absolute atomic E-state index is 0.193. The summed E-state index contributed by atoms with van der Waals surface area (Å²) in [5.41, 5.74) is 2.15. The van der Waals surface area contributed by atoms with E-state index in [9.17, 15) is 9.18 Å². The normalized spacial score (nSPS) is 11.6. The lowest BCUT2D eigenvalue weighted by molar-refractivity contribution is 0.0969. The van der Waals surface area contributed by atoms with Crippen LogP contribution in [0.15, 0.2) is 151 Å². The van der Waals surface area contributed by atoms with Gasteiger partial charge in [0.15, 0.2) is 12.7 Å². The average Bonchev–Trinajstić information content (AvgIpc) is 2.97. The molecule has 37 heavy (non-hydrogen) atoms. The van der Waals surface area contributed by atoms with Crippen molar-refractivity contribution >= 4 is 35.2 Å². The van der Waals surface area contributed by atoms with Crippen LogP contribution in [-0.2, 0) is 0 Å². The molecule has 0 saturated heterocycles. The van der Waals surface area contributed by atoms with Crippen molar-refractivity contribution in [2.75, 3.05) is 0 Å². The van der Waals surface area contributed by atoms with Crippen LogP contribution in [0.2, 0.25) is 0 Å². The number of rotatable bonds is 7. The number of benzene rings is 5. The first-order valence-corrected chi connectivity index (χ1v) is 13.9. The van der Waals surface area contributed by atoms with Crippen molar-refractivity contribution in [1.82, 2.24) is 5.32 Å². The molecule has 0 aliphatic rings. The third-order valence-corrected chi connectivity index (χ3v) is 10.4. The molecular weight excluding hydrogens is 476 g/mol. The third-order valence-electron chi connectivity index (χ3n) is 6.24. The number of hydrogen-bond donors (Lipinski definition) is 1. The topological polar surface area (TPSA) is 29.1 Å². The summed E-state index contributed by atoms with van der Waals surface area (Å²) in [5.74, 6) is -0.497. The highest BCUT2D eigenvalue weighted by Crippen LogP contribution is 2.61. The molecule has 180 valence electrons. The number of nitrogens with one attached hydrogen (secondary N) is 1. The highest BCUT2D eigenvalue weighted by Gasteiger charge is 2.50. The number of carbonyl (C=O) groups is 1. The molecule has 0 bridgehead atoms. The molecule has 1 amide bonds. The number of hydrogen-bond acceptors (Lipinski definition) is 1. The van der Waals surface area contributed by atoms with Crippen molar-refractivity contribution in [3.63, 3.8) is 0 Å². The van der Waals surface area contributed by atoms with E-state index in [-0.39, 0.29) is 11.7 Å². The molecule has 0 aromatic heterocycles. The first-order chi connectivity index (χ1) is 18.2. The van der Waals surface area contributed by atoms with Crippen LogP contribution in [0.25, 0.3) is 6.08 Å². The van der Waals surface area contributed by atoms with Gasteiger partial charge in [-0.1, -0.05) is 84.9 Å². The van der Waals surface area contributed by atoms with Crippen LogP contribution in [0.4, 0.5) is 4.39 Å². The van der Waals surface area contributed by atoms with E-state index in [4.69, 9.17) is 0 Å². The second-order valence-corrected chi connectivity index (χ2v) is 12.0. The molecule has 0 heterocycles. The van der Waals surface area contributed by atoms with E-state index in [1.165, 1.54) is 12.1 Å². The van der Waals surface area contributed by atoms with Crippen molar-refractivity contribution in [3.8, 4) is 0 Å². The summed E-state index contributed by atoms with van der Waals surface area (Å²) >= 11 is 0. The minimum atomic E-state index is -2.58. The molecule has 1 N–H and O–H groups in total. The molecule has 0 unspecified atom stereocenters. The average molecular weight is 503 g/mol. The maximum Gasteiger partial charge on any atom is 0.258 e. The lowest BCUT2D eigenvalue weighted by atomic mass is 10.2. The number of carbonyl (C=O) groups excluding carboxylic acids is 1. The Balaban J connectivity index is 1.83. The molecular formula is C33H26FNOP+. The van der Waals surface area contributed by atoms with Crippen LogP contribution in [0, 0.1) is 5.82 Å². The predicted molar refractivity (Wildman–Crippen MR) is 153 cm³/mol. The molecule has 0 atom stereocenters. The van der Waals surface area contributed by atoms with Gasteiger partial charge in [-0.3, -0.25) is 10.1 Å². The highest BCUT2D eigenvalue weighted by molar-refractivity contribution is 7.99. The van der Waals surface area contributed by atoms with Gasteiger partial charge in [0.25, 0.3) is 5.91 Å². The number of halogens is 1. The summed E-state index contributed by atoms with van der Waals surface area (Å²) in [4.78, 5) is 13.6. The summed E-state index contributed by atoms with van der Waals surface area (Å²) < 4.78 is 13.8. The molecule has 0 saturated carbocycles. The van der Waals surface area contributed by atoms with E-state index in [0.717, 1.165) is 26.9 Å². The van der Waals surface area contributed by atoms with Gasteiger partial charge in [0, 0.05) is 11.6 Å². The van der Waals surface area contributed by atoms with Crippen molar-refractivity contribution in [2.24, 2.45) is 0 Å². The summed E-state index contributed by atoms with van der Waals surface area (Å²) in [7, 11) is -2.58. The minimum Gasteiger partial charge on any atom is -0.292 e. The van der Waals surface area contributed by atoms with Crippen molar-refractivity contribution in [1.29, 1.82) is 0 Å². The van der Waals surface area contributed by atoms with Gasteiger partial charge in [-0.25, -0.2) is 4.39 Å². The maximum absolute atomic E-state index is 13.8. The van der Waals surface area contributed by atoms with Crippen molar-refractivity contribution < 1.29 is 9.18 Å². The van der Waals surface area contributed by atoms with Crippen LogP contribution < -0.4 is 21.2 Å². The fraction of sp³-hybridized carbons (Fsp3) is 0. The quantitative estimate of drug-likeness (QED) is 0.251. The van der Waals surface area contributed by atoms with Crippen LogP contribution >= 0.6 is 7.26 Å². The summed E-state index contributed by atoms with van der Waals surface area (Å²) in [6.07, 6.45) is 1.99. The monoisotopic (exact) mass is 502 g/mol. The Morgan fingerprint density at radius 2 is 0.973 bits per heavy atom. The zero-order chi connectivity index (χ0) is 25.5. The third kappa shape index (κ3) is 5.14. The van der Waals surface area contributed by atoms with Gasteiger partial charge in [-0.15, -0.1) is 0 Å². The van der Waals surface area contributed by atoms with Crippen LogP contribution in [0.1, 0.15) is 15.9 Å². The smallest absolute Gasteiger partial charge is 0.258 e. The lowest BCUT2D eigenvalue weighted by Gasteiger charge is -2.29. The zero-order valence-corrected chi connectivity index (χ0v) is 21.1. The molecule has 5 aromatic carbocycles. The van der Waals surface area contributed by atoms with Gasteiger partial charge in [0.1, 0.15) is 21.7 Å². The Kier molecular flexibility index (Phi) is 7.35. The second kappa shape index (κ2) is 11.2. The van der Waals surface area contributed by atoms with E-state index in [2.05, 4.69) is 41.7 Å².